The first-order chi connectivity index (χ1) is 19.9. The van der Waals surface area contributed by atoms with E-state index in [-0.39, 0.29) is 29.5 Å². The highest BCUT2D eigenvalue weighted by atomic mass is 16.4. The highest BCUT2D eigenvalue weighted by molar-refractivity contribution is 5.95. The minimum absolute atomic E-state index is 0.00122. The number of fused-ring (bicyclic) bond motifs is 1. The quantitative estimate of drug-likeness (QED) is 0.371. The maximum atomic E-state index is 14.1. The monoisotopic (exact) mass is 578 g/mol. The molecule has 4 N–H and O–H groups in total. The fourth-order valence-corrected chi connectivity index (χ4v) is 5.95. The molecule has 226 valence electrons. The molecule has 10 nitrogen and oxygen atoms in total. The maximum Gasteiger partial charge on any atom is 0.407 e. The molecule has 2 aliphatic rings. The average Bonchev–Trinajstić information content (AvgIpc) is 3.44. The highest BCUT2D eigenvalue weighted by Crippen LogP contribution is 2.31. The smallest absolute Gasteiger partial charge is 0.407 e. The molecule has 1 heterocycles. The highest BCUT2D eigenvalue weighted by Gasteiger charge is 2.41. The second-order valence-electron chi connectivity index (χ2n) is 12.5. The van der Waals surface area contributed by atoms with E-state index in [1.54, 1.807) is 12.1 Å². The fourth-order valence-electron chi connectivity index (χ4n) is 5.95. The molecule has 4 amide bonds. The van der Waals surface area contributed by atoms with Crippen molar-refractivity contribution in [3.63, 3.8) is 0 Å². The normalized spacial score (nSPS) is 19.8. The number of aryl methyl sites for hydroxylation is 1. The van der Waals surface area contributed by atoms with E-state index in [9.17, 15) is 29.4 Å². The van der Waals surface area contributed by atoms with Crippen molar-refractivity contribution in [2.45, 2.75) is 83.5 Å². The van der Waals surface area contributed by atoms with E-state index in [2.05, 4.69) is 16.7 Å². The van der Waals surface area contributed by atoms with Crippen LogP contribution in [-0.4, -0.2) is 69.5 Å². The third-order valence-corrected chi connectivity index (χ3v) is 8.16. The molecule has 2 aromatic rings. The first-order valence-corrected chi connectivity index (χ1v) is 14.6. The summed E-state index contributed by atoms with van der Waals surface area (Å²) in [5.74, 6) is -1.29. The summed E-state index contributed by atoms with van der Waals surface area (Å²) >= 11 is 0. The Morgan fingerprint density at radius 3 is 2.38 bits per heavy atom. The molecule has 0 bridgehead atoms. The summed E-state index contributed by atoms with van der Waals surface area (Å²) in [7, 11) is 1.33. The predicted octanol–water partition coefficient (Wildman–Crippen LogP) is 4.15. The number of amides is 4. The lowest BCUT2D eigenvalue weighted by Crippen LogP contribution is -2.54. The zero-order chi connectivity index (χ0) is 30.6. The number of hydrogen-bond acceptors (Lipinski definition) is 5. The molecular formula is C32H42N4O6. The van der Waals surface area contributed by atoms with Gasteiger partial charge in [0.2, 0.25) is 17.7 Å². The van der Waals surface area contributed by atoms with E-state index >= 15 is 0 Å². The number of likely N-dealkylation sites (tertiary alicyclic amines) is 1. The summed E-state index contributed by atoms with van der Waals surface area (Å²) in [5, 5.41) is 25.5. The molecule has 0 unspecified atom stereocenters. The molecule has 42 heavy (non-hydrogen) atoms. The average molecular weight is 579 g/mol. The molecule has 0 spiro atoms. The number of aromatic hydroxyl groups is 1. The number of phenolic OH excluding ortho intramolecular Hbond substituents is 1. The topological polar surface area (TPSA) is 139 Å². The molecule has 1 fully saturated rings. The van der Waals surface area contributed by atoms with Crippen LogP contribution >= 0.6 is 0 Å². The summed E-state index contributed by atoms with van der Waals surface area (Å²) < 4.78 is 0. The molecule has 1 saturated heterocycles. The maximum absolute atomic E-state index is 14.1. The molecule has 2 aromatic carbocycles. The van der Waals surface area contributed by atoms with E-state index in [0.29, 0.717) is 24.9 Å². The van der Waals surface area contributed by atoms with E-state index < -0.39 is 36.0 Å². The summed E-state index contributed by atoms with van der Waals surface area (Å²) in [4.78, 5) is 55.6. The van der Waals surface area contributed by atoms with Gasteiger partial charge >= 0.3 is 6.09 Å². The van der Waals surface area contributed by atoms with Gasteiger partial charge in [0.1, 0.15) is 23.9 Å². The molecule has 10 heteroatoms. The summed E-state index contributed by atoms with van der Waals surface area (Å²) in [5.41, 5.74) is 2.37. The first kappa shape index (κ1) is 30.9. The van der Waals surface area contributed by atoms with Crippen LogP contribution in [0.15, 0.2) is 48.5 Å². The number of hydrogen-bond donors (Lipinski definition) is 4. The third-order valence-electron chi connectivity index (χ3n) is 8.16. The fraction of sp³-hybridized carbons (Fsp3) is 0.500. The van der Waals surface area contributed by atoms with Crippen molar-refractivity contribution in [2.75, 3.05) is 13.6 Å². The Morgan fingerprint density at radius 2 is 1.71 bits per heavy atom. The van der Waals surface area contributed by atoms with Crippen molar-refractivity contribution in [1.82, 2.24) is 20.4 Å². The minimum atomic E-state index is -1.26. The van der Waals surface area contributed by atoms with Crippen LogP contribution in [-0.2, 0) is 20.8 Å². The summed E-state index contributed by atoms with van der Waals surface area (Å²) in [6.07, 6.45) is 2.86. The van der Waals surface area contributed by atoms with Gasteiger partial charge in [0.25, 0.3) is 0 Å². The van der Waals surface area contributed by atoms with Crippen molar-refractivity contribution in [2.24, 2.45) is 5.41 Å². The van der Waals surface area contributed by atoms with E-state index in [4.69, 9.17) is 0 Å². The number of carbonyl (C=O) groups excluding carboxylic acids is 3. The van der Waals surface area contributed by atoms with E-state index in [1.807, 2.05) is 39.0 Å². The number of phenols is 1. The second-order valence-corrected chi connectivity index (χ2v) is 12.5. The Kier molecular flexibility index (Phi) is 9.43. The molecular weight excluding hydrogens is 536 g/mol. The van der Waals surface area contributed by atoms with Crippen LogP contribution in [0.2, 0.25) is 0 Å². The lowest BCUT2D eigenvalue weighted by atomic mass is 9.87. The van der Waals surface area contributed by atoms with Gasteiger partial charge in [0.15, 0.2) is 0 Å². The minimum Gasteiger partial charge on any atom is -0.508 e. The Labute approximate surface area is 247 Å². The number of benzene rings is 2. The van der Waals surface area contributed by atoms with Crippen LogP contribution in [0.25, 0.3) is 0 Å². The predicted molar refractivity (Wildman–Crippen MR) is 158 cm³/mol. The number of nitrogens with zero attached hydrogens (tertiary/aromatic N) is 2. The number of likely N-dealkylation sites (N-methyl/N-ethyl adjacent to an activating group) is 1. The molecule has 0 aromatic heterocycles. The molecule has 1 aliphatic heterocycles. The van der Waals surface area contributed by atoms with Crippen LogP contribution in [0.3, 0.4) is 0 Å². The van der Waals surface area contributed by atoms with Crippen LogP contribution in [0, 0.1) is 5.41 Å². The van der Waals surface area contributed by atoms with Crippen LogP contribution in [0.4, 0.5) is 4.79 Å². The summed E-state index contributed by atoms with van der Waals surface area (Å²) in [6.45, 7) is 6.07. The van der Waals surface area contributed by atoms with Gasteiger partial charge < -0.3 is 25.7 Å². The lowest BCUT2D eigenvalue weighted by molar-refractivity contribution is -0.142. The zero-order valence-electron chi connectivity index (χ0n) is 24.8. The third kappa shape index (κ3) is 7.21. The zero-order valence-corrected chi connectivity index (χ0v) is 24.8. The molecule has 0 radical (unpaired) electrons. The van der Waals surface area contributed by atoms with Crippen molar-refractivity contribution in [3.05, 3.63) is 65.2 Å². The number of carboxylic acid groups (broad SMARTS) is 1. The largest absolute Gasteiger partial charge is 0.508 e. The van der Waals surface area contributed by atoms with Crippen molar-refractivity contribution in [3.8, 4) is 5.75 Å². The standard InChI is InChI=1S/C32H42N4O6/c1-32(2,3)19-26(35(4)31(41)42)29(39)34-27(21-14-16-22(37)17-15-21)30(40)36-18-8-13-25(36)28(38)33-24-12-7-10-20-9-5-6-11-23(20)24/h5-6,9,11,14-17,24-27,37H,7-8,10,12-13,18-19H2,1-4H3,(H,33,38)(H,34,39)(H,41,42)/t24-,25+,26+,27+/m1/s1. The molecule has 0 saturated carbocycles. The van der Waals surface area contributed by atoms with Crippen LogP contribution in [0.5, 0.6) is 5.75 Å². The first-order valence-electron chi connectivity index (χ1n) is 14.6. The van der Waals surface area contributed by atoms with E-state index in [0.717, 1.165) is 29.7 Å². The Bertz CT molecular complexity index is 1300. The Hall–Kier alpha value is -4.08. The Morgan fingerprint density at radius 1 is 1.02 bits per heavy atom. The van der Waals surface area contributed by atoms with Gasteiger partial charge in [-0.2, -0.15) is 0 Å². The van der Waals surface area contributed by atoms with Gasteiger partial charge in [-0.15, -0.1) is 0 Å². The van der Waals surface area contributed by atoms with Crippen molar-refractivity contribution >= 4 is 23.8 Å². The van der Waals surface area contributed by atoms with Gasteiger partial charge in [0.05, 0.1) is 6.04 Å². The molecule has 4 atom stereocenters. The molecule has 4 rings (SSSR count). The number of carbonyl (C=O) groups is 4. The van der Waals surface area contributed by atoms with Gasteiger partial charge in [0, 0.05) is 13.6 Å². The van der Waals surface area contributed by atoms with Crippen molar-refractivity contribution in [1.29, 1.82) is 0 Å². The van der Waals surface area contributed by atoms with Gasteiger partial charge in [-0.1, -0.05) is 57.2 Å². The second kappa shape index (κ2) is 12.8. The number of nitrogens with one attached hydrogen (secondary N) is 2. The molecule has 1 aliphatic carbocycles. The van der Waals surface area contributed by atoms with Gasteiger partial charge in [-0.05, 0) is 72.8 Å². The Balaban J connectivity index is 1.58. The van der Waals surface area contributed by atoms with Crippen LogP contribution in [0.1, 0.15) is 81.6 Å². The van der Waals surface area contributed by atoms with Crippen molar-refractivity contribution < 1.29 is 29.4 Å². The number of rotatable bonds is 8. The van der Waals surface area contributed by atoms with Crippen LogP contribution < -0.4 is 10.6 Å². The van der Waals surface area contributed by atoms with E-state index in [1.165, 1.54) is 29.6 Å². The SMILES string of the molecule is CN(C(=O)O)[C@@H](CC(C)(C)C)C(=O)N[C@H](C(=O)N1CCC[C@H]1C(=O)N[C@@H]1CCCc2ccccc21)c1ccc(O)cc1. The summed E-state index contributed by atoms with van der Waals surface area (Å²) in [6, 6.07) is 11.0. The van der Waals surface area contributed by atoms with Gasteiger partial charge in [-0.3, -0.25) is 19.3 Å². The van der Waals surface area contributed by atoms with Gasteiger partial charge in [-0.25, -0.2) is 4.79 Å². The lowest BCUT2D eigenvalue weighted by Gasteiger charge is -2.34.